The van der Waals surface area contributed by atoms with Gasteiger partial charge in [-0.25, -0.2) is 0 Å². The van der Waals surface area contributed by atoms with Gasteiger partial charge in [0, 0.05) is 60.1 Å². The Labute approximate surface area is 519 Å². The SMILES string of the molecule is Clc1cc2ccccc2c2ccc3ccccc3c12.c1ccc(-c2ccc(N(c3ccc4oc5ccccc5c4c3)c3cc4ccccc4c4ccc5ccccc5c34)cc2)cc1.c1ccc(-c2ccc(Nc3ccc4oc5ccccc5c4c3)cc2)cc1. The number of anilines is 5. The van der Waals surface area contributed by atoms with E-state index in [4.69, 9.17) is 20.4 Å². The Morgan fingerprint density at radius 2 is 0.652 bits per heavy atom. The second-order valence-corrected chi connectivity index (χ2v) is 22.9. The first-order valence-electron chi connectivity index (χ1n) is 30.1. The summed E-state index contributed by atoms with van der Waals surface area (Å²) in [5, 5.41) is 23.5. The van der Waals surface area contributed by atoms with Gasteiger partial charge in [-0.05, 0) is 161 Å². The molecule has 0 fully saturated rings. The van der Waals surface area contributed by atoms with Crippen LogP contribution in [-0.4, -0.2) is 0 Å². The highest BCUT2D eigenvalue weighted by atomic mass is 35.5. The van der Waals surface area contributed by atoms with Crippen molar-refractivity contribution in [1.29, 1.82) is 0 Å². The topological polar surface area (TPSA) is 41.6 Å². The third kappa shape index (κ3) is 9.98. The van der Waals surface area contributed by atoms with Gasteiger partial charge in [0.05, 0.1) is 5.69 Å². The molecule has 0 amide bonds. The summed E-state index contributed by atoms with van der Waals surface area (Å²) in [6.45, 7) is 0. The minimum Gasteiger partial charge on any atom is -0.456 e. The fourth-order valence-corrected chi connectivity index (χ4v) is 13.2. The van der Waals surface area contributed by atoms with Crippen molar-refractivity contribution in [3.05, 3.63) is 333 Å². The molecule has 0 radical (unpaired) electrons. The molecule has 0 spiro atoms. The summed E-state index contributed by atoms with van der Waals surface area (Å²) in [5.41, 5.74) is 13.9. The summed E-state index contributed by atoms with van der Waals surface area (Å²) in [7, 11) is 0. The van der Waals surface area contributed by atoms with Gasteiger partial charge in [-0.2, -0.15) is 0 Å². The number of hydrogen-bond donors (Lipinski definition) is 1. The number of nitrogens with zero attached hydrogens (tertiary/aromatic N) is 1. The van der Waals surface area contributed by atoms with Crippen molar-refractivity contribution in [3.8, 4) is 22.3 Å². The van der Waals surface area contributed by atoms with Crippen molar-refractivity contribution in [2.75, 3.05) is 10.2 Å². The lowest BCUT2D eigenvalue weighted by Gasteiger charge is -2.28. The van der Waals surface area contributed by atoms with Gasteiger partial charge in [0.2, 0.25) is 0 Å². The predicted molar refractivity (Wildman–Crippen MR) is 379 cm³/mol. The highest BCUT2D eigenvalue weighted by Gasteiger charge is 2.21. The summed E-state index contributed by atoms with van der Waals surface area (Å²) < 4.78 is 12.1. The fraction of sp³-hybridized carbons (Fsp3) is 0. The second kappa shape index (κ2) is 22.8. The van der Waals surface area contributed by atoms with Crippen LogP contribution in [0.25, 0.3) is 131 Å². The number of furan rings is 2. The lowest BCUT2D eigenvalue weighted by Crippen LogP contribution is -2.11. The summed E-state index contributed by atoms with van der Waals surface area (Å²) in [6, 6.07) is 115. The smallest absolute Gasteiger partial charge is 0.135 e. The molecule has 0 aliphatic rings. The Balaban J connectivity index is 0.000000119. The zero-order valence-electron chi connectivity index (χ0n) is 48.3. The average molecular weight is 1160 g/mol. The fourth-order valence-electron chi connectivity index (χ4n) is 12.9. The van der Waals surface area contributed by atoms with Crippen molar-refractivity contribution >= 4 is 149 Å². The lowest BCUT2D eigenvalue weighted by molar-refractivity contribution is 0.668. The molecule has 5 heteroatoms. The van der Waals surface area contributed by atoms with Crippen LogP contribution in [0.15, 0.2) is 336 Å². The molecule has 18 rings (SSSR count). The van der Waals surface area contributed by atoms with E-state index < -0.39 is 0 Å². The number of benzene rings is 16. The van der Waals surface area contributed by atoms with Gasteiger partial charge in [-0.3, -0.25) is 0 Å². The summed E-state index contributed by atoms with van der Waals surface area (Å²) in [4.78, 5) is 2.41. The van der Waals surface area contributed by atoms with Crippen LogP contribution in [0.1, 0.15) is 0 Å². The molecule has 18 aromatic rings. The molecule has 0 unspecified atom stereocenters. The second-order valence-electron chi connectivity index (χ2n) is 22.5. The highest BCUT2D eigenvalue weighted by molar-refractivity contribution is 6.40. The van der Waals surface area contributed by atoms with E-state index in [0.717, 1.165) is 82.7 Å². The molecule has 0 saturated heterocycles. The van der Waals surface area contributed by atoms with E-state index >= 15 is 0 Å². The first-order chi connectivity index (χ1) is 44.0. The molecular formula is C84H55ClN2O2. The van der Waals surface area contributed by atoms with Gasteiger partial charge >= 0.3 is 0 Å². The Hall–Kier alpha value is -11.4. The van der Waals surface area contributed by atoms with E-state index in [0.29, 0.717) is 0 Å². The number of hydrogen-bond acceptors (Lipinski definition) is 4. The zero-order chi connectivity index (χ0) is 59.2. The molecule has 0 bridgehead atoms. The first kappa shape index (κ1) is 53.1. The third-order valence-electron chi connectivity index (χ3n) is 17.2. The highest BCUT2D eigenvalue weighted by Crippen LogP contribution is 2.47. The molecule has 16 aromatic carbocycles. The van der Waals surface area contributed by atoms with Gasteiger partial charge in [-0.15, -0.1) is 0 Å². The summed E-state index contributed by atoms with van der Waals surface area (Å²) >= 11 is 6.51. The minimum atomic E-state index is 0.825. The van der Waals surface area contributed by atoms with Crippen LogP contribution in [-0.2, 0) is 0 Å². The standard InChI is InChI=1S/C42H27NO.C24H17NO.C18H11Cl/c1-2-10-28(11-3-1)29-18-21-32(22-19-29)43(33-23-25-41-38(27-33)36-16-8-9-17-40(36)44-41)39-26-31-13-5-6-14-34(31)37-24-20-30-12-4-7-15-35(30)42(37)39;1-2-6-17(7-3-1)18-10-12-19(13-11-18)25-20-14-15-24-22(16-20)21-8-4-5-9-23(21)26-24;19-17-11-13-6-2-3-7-14(13)16-10-9-12-5-1-4-8-15(12)18(16)17/h1-27H;1-16,25H;1-11H. The van der Waals surface area contributed by atoms with Crippen molar-refractivity contribution in [3.63, 3.8) is 0 Å². The minimum absolute atomic E-state index is 0.825. The Kier molecular flexibility index (Phi) is 13.6. The molecule has 0 aliphatic heterocycles. The van der Waals surface area contributed by atoms with Gasteiger partial charge in [-0.1, -0.05) is 254 Å². The van der Waals surface area contributed by atoms with Crippen molar-refractivity contribution in [2.24, 2.45) is 0 Å². The van der Waals surface area contributed by atoms with E-state index in [1.165, 1.54) is 81.5 Å². The monoisotopic (exact) mass is 1160 g/mol. The molecule has 420 valence electrons. The molecule has 0 atom stereocenters. The Morgan fingerprint density at radius 3 is 1.24 bits per heavy atom. The molecule has 4 nitrogen and oxygen atoms in total. The Bertz CT molecular complexity index is 5660. The summed E-state index contributed by atoms with van der Waals surface area (Å²) in [5.74, 6) is 0. The number of rotatable bonds is 7. The molecule has 89 heavy (non-hydrogen) atoms. The van der Waals surface area contributed by atoms with Gasteiger partial charge in [0.25, 0.3) is 0 Å². The average Bonchev–Trinajstić information content (AvgIpc) is 1.49. The molecular weight excluding hydrogens is 1100 g/mol. The van der Waals surface area contributed by atoms with Crippen molar-refractivity contribution in [1.82, 2.24) is 0 Å². The van der Waals surface area contributed by atoms with E-state index in [9.17, 15) is 0 Å². The maximum atomic E-state index is 6.51. The molecule has 0 aliphatic carbocycles. The van der Waals surface area contributed by atoms with Crippen LogP contribution in [0.2, 0.25) is 5.02 Å². The van der Waals surface area contributed by atoms with Crippen LogP contribution in [0.3, 0.4) is 0 Å². The van der Waals surface area contributed by atoms with Gasteiger partial charge < -0.3 is 19.1 Å². The lowest BCUT2D eigenvalue weighted by atomic mass is 9.94. The van der Waals surface area contributed by atoms with Crippen LogP contribution >= 0.6 is 11.6 Å². The van der Waals surface area contributed by atoms with Crippen LogP contribution in [0.4, 0.5) is 28.4 Å². The number of fused-ring (bicyclic) bond motifs is 16. The van der Waals surface area contributed by atoms with Crippen LogP contribution in [0.5, 0.6) is 0 Å². The van der Waals surface area contributed by atoms with Gasteiger partial charge in [0.1, 0.15) is 22.3 Å². The first-order valence-corrected chi connectivity index (χ1v) is 30.4. The quantitative estimate of drug-likeness (QED) is 0.162. The number of para-hydroxylation sites is 2. The normalized spacial score (nSPS) is 11.4. The largest absolute Gasteiger partial charge is 0.456 e. The predicted octanol–water partition coefficient (Wildman–Crippen LogP) is 25.0. The number of nitrogens with one attached hydrogen (secondary N) is 1. The Morgan fingerprint density at radius 1 is 0.247 bits per heavy atom. The van der Waals surface area contributed by atoms with E-state index in [1.54, 1.807) is 0 Å². The van der Waals surface area contributed by atoms with E-state index in [1.807, 2.05) is 48.5 Å². The molecule has 1 N–H and O–H groups in total. The van der Waals surface area contributed by atoms with Gasteiger partial charge in [0.15, 0.2) is 0 Å². The third-order valence-corrected chi connectivity index (χ3v) is 17.5. The maximum Gasteiger partial charge on any atom is 0.135 e. The van der Waals surface area contributed by atoms with Crippen molar-refractivity contribution in [2.45, 2.75) is 0 Å². The maximum absolute atomic E-state index is 6.51. The molecule has 2 heterocycles. The summed E-state index contributed by atoms with van der Waals surface area (Å²) in [6.07, 6.45) is 0. The van der Waals surface area contributed by atoms with Crippen LogP contribution in [0, 0.1) is 0 Å². The van der Waals surface area contributed by atoms with E-state index in [2.05, 4.69) is 289 Å². The van der Waals surface area contributed by atoms with E-state index in [-0.39, 0.29) is 0 Å². The molecule has 2 aromatic heterocycles. The van der Waals surface area contributed by atoms with Crippen LogP contribution < -0.4 is 10.2 Å². The molecule has 0 saturated carbocycles. The zero-order valence-corrected chi connectivity index (χ0v) is 49.1. The number of halogens is 1. The van der Waals surface area contributed by atoms with Crippen molar-refractivity contribution < 1.29 is 8.83 Å².